The Labute approximate surface area is 95.2 Å². The fourth-order valence-corrected chi connectivity index (χ4v) is 2.34. The maximum Gasteiger partial charge on any atom is 0.0484 e. The van der Waals surface area contributed by atoms with Gasteiger partial charge in [-0.15, -0.1) is 0 Å². The van der Waals surface area contributed by atoms with Crippen molar-refractivity contribution < 1.29 is 8.76 Å². The van der Waals surface area contributed by atoms with E-state index in [0.717, 1.165) is 10.8 Å². The molecule has 2 nitrogen and oxygen atoms in total. The maximum absolute atomic E-state index is 10.9. The van der Waals surface area contributed by atoms with Crippen molar-refractivity contribution in [2.24, 2.45) is 0 Å². The van der Waals surface area contributed by atoms with Crippen LogP contribution < -0.4 is 0 Å². The number of rotatable bonds is 1. The van der Waals surface area contributed by atoms with Gasteiger partial charge in [-0.25, -0.2) is 0 Å². The van der Waals surface area contributed by atoms with E-state index in [1.54, 1.807) is 31.2 Å². The summed E-state index contributed by atoms with van der Waals surface area (Å²) < 4.78 is 21.8. The first kappa shape index (κ1) is 10.6. The summed E-state index contributed by atoms with van der Waals surface area (Å²) in [7, 11) is 0. The smallest absolute Gasteiger partial charge is 0.0484 e. The summed E-state index contributed by atoms with van der Waals surface area (Å²) >= 11 is 3.81. The fourth-order valence-electron chi connectivity index (χ4n) is 1.55. The minimum absolute atomic E-state index is 0.324. The molecule has 0 aliphatic heterocycles. The van der Waals surface area contributed by atoms with Crippen LogP contribution in [0, 0.1) is 6.92 Å². The Kier molecular flexibility index (Phi) is 2.78. The lowest BCUT2D eigenvalue weighted by atomic mass is 10.1. The molecule has 4 heteroatoms. The van der Waals surface area contributed by atoms with E-state index >= 15 is 0 Å². The lowest BCUT2D eigenvalue weighted by molar-refractivity contribution is 0.536. The second-order valence-corrected chi connectivity index (χ2v) is 4.63. The number of halogens is 1. The molecule has 0 amide bonds. The Hall–Kier alpha value is -0.900. The number of aryl methyl sites for hydroxylation is 1. The third-order valence-corrected chi connectivity index (χ3v) is 3.43. The Balaban J connectivity index is 2.82. The largest absolute Gasteiger partial charge is 0.768 e. The predicted octanol–water partition coefficient (Wildman–Crippen LogP) is 3.04. The van der Waals surface area contributed by atoms with Crippen LogP contribution in [0.4, 0.5) is 0 Å². The van der Waals surface area contributed by atoms with Crippen molar-refractivity contribution >= 4 is 33.5 Å². The molecule has 2 rings (SSSR count). The third kappa shape index (κ3) is 1.91. The Morgan fingerprint density at radius 1 is 1.33 bits per heavy atom. The van der Waals surface area contributed by atoms with Gasteiger partial charge < -0.3 is 4.55 Å². The molecule has 2 aromatic carbocycles. The highest BCUT2D eigenvalue weighted by atomic mass is 35.5. The average Bonchev–Trinajstić information content (AvgIpc) is 2.18. The number of hydrogen-bond acceptors (Lipinski definition) is 2. The Morgan fingerprint density at radius 2 is 2.07 bits per heavy atom. The molecule has 0 bridgehead atoms. The van der Waals surface area contributed by atoms with E-state index in [1.807, 2.05) is 6.07 Å². The first-order valence-corrected chi connectivity index (χ1v) is 5.83. The summed E-state index contributed by atoms with van der Waals surface area (Å²) in [6, 6.07) is 8.87. The van der Waals surface area contributed by atoms with Crippen molar-refractivity contribution in [1.82, 2.24) is 0 Å². The molecule has 0 radical (unpaired) electrons. The standard InChI is InChI=1S/C11H9ClO2S/c1-7-5-9-8(3-2-4-10(9)12)6-11(7)15(13)14/h2-6H,1H3,(H,13,14)/p-1. The molecule has 78 valence electrons. The van der Waals surface area contributed by atoms with Gasteiger partial charge in [0, 0.05) is 15.3 Å². The van der Waals surface area contributed by atoms with Crippen molar-refractivity contribution in [3.8, 4) is 0 Å². The zero-order valence-corrected chi connectivity index (χ0v) is 9.56. The number of hydrogen-bond donors (Lipinski definition) is 0. The highest BCUT2D eigenvalue weighted by Gasteiger charge is 2.04. The van der Waals surface area contributed by atoms with Crippen molar-refractivity contribution in [3.05, 3.63) is 40.9 Å². The van der Waals surface area contributed by atoms with Gasteiger partial charge in [-0.2, -0.15) is 0 Å². The van der Waals surface area contributed by atoms with Gasteiger partial charge in [0.2, 0.25) is 0 Å². The van der Waals surface area contributed by atoms with E-state index in [1.165, 1.54) is 0 Å². The number of benzene rings is 2. The highest BCUT2D eigenvalue weighted by Crippen LogP contribution is 2.27. The summed E-state index contributed by atoms with van der Waals surface area (Å²) in [5, 5.41) is 2.36. The van der Waals surface area contributed by atoms with Crippen molar-refractivity contribution in [3.63, 3.8) is 0 Å². The SMILES string of the molecule is Cc1cc2c(Cl)cccc2cc1S(=O)[O-]. The molecule has 1 atom stereocenters. The highest BCUT2D eigenvalue weighted by molar-refractivity contribution is 7.79. The molecule has 0 aromatic heterocycles. The van der Waals surface area contributed by atoms with Gasteiger partial charge in [-0.1, -0.05) is 23.7 Å². The van der Waals surface area contributed by atoms with Crippen LogP contribution in [-0.2, 0) is 11.1 Å². The van der Waals surface area contributed by atoms with Gasteiger partial charge in [0.25, 0.3) is 0 Å². The van der Waals surface area contributed by atoms with Crippen molar-refractivity contribution in [1.29, 1.82) is 0 Å². The van der Waals surface area contributed by atoms with Gasteiger partial charge in [-0.3, -0.25) is 4.21 Å². The first-order valence-electron chi connectivity index (χ1n) is 4.38. The molecule has 15 heavy (non-hydrogen) atoms. The number of fused-ring (bicyclic) bond motifs is 1. The monoisotopic (exact) mass is 239 g/mol. The summed E-state index contributed by atoms with van der Waals surface area (Å²) in [5.74, 6) is 0. The minimum Gasteiger partial charge on any atom is -0.768 e. The van der Waals surface area contributed by atoms with Crippen LogP contribution >= 0.6 is 11.6 Å². The molecule has 0 spiro atoms. The van der Waals surface area contributed by atoms with Gasteiger partial charge in [-0.05, 0) is 47.2 Å². The zero-order valence-electron chi connectivity index (χ0n) is 7.99. The summed E-state index contributed by atoms with van der Waals surface area (Å²) in [6.45, 7) is 1.76. The molecule has 0 heterocycles. The summed E-state index contributed by atoms with van der Waals surface area (Å²) in [5.41, 5.74) is 0.712. The molecular formula is C11H8ClO2S-. The maximum atomic E-state index is 10.9. The molecular weight excluding hydrogens is 232 g/mol. The molecule has 1 unspecified atom stereocenters. The molecule has 0 N–H and O–H groups in total. The molecule has 0 saturated heterocycles. The third-order valence-electron chi connectivity index (χ3n) is 2.30. The summed E-state index contributed by atoms with van der Waals surface area (Å²) in [4.78, 5) is 0.324. The van der Waals surface area contributed by atoms with E-state index in [9.17, 15) is 8.76 Å². The van der Waals surface area contributed by atoms with Crippen molar-refractivity contribution in [2.45, 2.75) is 11.8 Å². The van der Waals surface area contributed by atoms with E-state index in [4.69, 9.17) is 11.6 Å². The second-order valence-electron chi connectivity index (χ2n) is 3.31. The summed E-state index contributed by atoms with van der Waals surface area (Å²) in [6.07, 6.45) is 0. The van der Waals surface area contributed by atoms with E-state index in [-0.39, 0.29) is 0 Å². The topological polar surface area (TPSA) is 40.1 Å². The molecule has 0 aliphatic rings. The Morgan fingerprint density at radius 3 is 2.73 bits per heavy atom. The quantitative estimate of drug-likeness (QED) is 0.718. The lowest BCUT2D eigenvalue weighted by Gasteiger charge is -2.11. The van der Waals surface area contributed by atoms with E-state index in [0.29, 0.717) is 15.5 Å². The fraction of sp³-hybridized carbons (Fsp3) is 0.0909. The average molecular weight is 240 g/mol. The van der Waals surface area contributed by atoms with E-state index in [2.05, 4.69) is 0 Å². The van der Waals surface area contributed by atoms with Gasteiger partial charge in [0.1, 0.15) is 0 Å². The van der Waals surface area contributed by atoms with E-state index < -0.39 is 11.1 Å². The van der Waals surface area contributed by atoms with Crippen molar-refractivity contribution in [2.75, 3.05) is 0 Å². The van der Waals surface area contributed by atoms with Crippen LogP contribution in [0.3, 0.4) is 0 Å². The van der Waals surface area contributed by atoms with Gasteiger partial charge in [0.05, 0.1) is 0 Å². The van der Waals surface area contributed by atoms with Crippen LogP contribution in [0.15, 0.2) is 35.2 Å². The molecule has 0 aliphatic carbocycles. The van der Waals surface area contributed by atoms with Crippen LogP contribution in [0.25, 0.3) is 10.8 Å². The Bertz CT molecular complexity index is 552. The first-order chi connectivity index (χ1) is 7.09. The molecule has 0 saturated carbocycles. The van der Waals surface area contributed by atoms with Crippen LogP contribution in [0.5, 0.6) is 0 Å². The second kappa shape index (κ2) is 3.93. The normalized spacial score (nSPS) is 13.0. The molecule has 2 aromatic rings. The minimum atomic E-state index is -2.20. The predicted molar refractivity (Wildman–Crippen MR) is 60.9 cm³/mol. The molecule has 0 fully saturated rings. The van der Waals surface area contributed by atoms with Crippen LogP contribution in [-0.4, -0.2) is 8.76 Å². The van der Waals surface area contributed by atoms with Gasteiger partial charge >= 0.3 is 0 Å². The lowest BCUT2D eigenvalue weighted by Crippen LogP contribution is -1.93. The van der Waals surface area contributed by atoms with Gasteiger partial charge in [0.15, 0.2) is 0 Å². The zero-order chi connectivity index (χ0) is 11.0. The van der Waals surface area contributed by atoms with Crippen LogP contribution in [0.1, 0.15) is 5.56 Å². The van der Waals surface area contributed by atoms with Crippen LogP contribution in [0.2, 0.25) is 5.02 Å².